The van der Waals surface area contributed by atoms with Gasteiger partial charge in [-0.25, -0.2) is 49.8 Å². The number of aryl methyl sites for hydroxylation is 8. The maximum absolute atomic E-state index is 13.7. The van der Waals surface area contributed by atoms with Crippen molar-refractivity contribution >= 4 is 167 Å². The lowest BCUT2D eigenvalue weighted by Gasteiger charge is -2.11. The molecule has 107 heavy (non-hydrogen) atoms. The van der Waals surface area contributed by atoms with Gasteiger partial charge in [0.1, 0.15) is 19.0 Å². The number of nitrogens with one attached hydrogen (secondary N) is 3. The van der Waals surface area contributed by atoms with Gasteiger partial charge in [-0.3, -0.25) is 4.98 Å². The van der Waals surface area contributed by atoms with Crippen LogP contribution in [0.5, 0.6) is 0 Å². The quantitative estimate of drug-likeness (QED) is 0.0186. The largest absolute Gasteiger partial charge is 0.382 e. The van der Waals surface area contributed by atoms with Crippen LogP contribution in [0.2, 0.25) is 20.1 Å². The molecule has 9 aromatic heterocycles. The third-order valence-corrected chi connectivity index (χ3v) is 20.6. The van der Waals surface area contributed by atoms with Crippen molar-refractivity contribution in [2.24, 2.45) is 0 Å². The van der Waals surface area contributed by atoms with Gasteiger partial charge in [0.15, 0.2) is 88.6 Å². The second kappa shape index (κ2) is 38.6. The number of anilines is 4. The second-order valence-electron chi connectivity index (χ2n) is 25.7. The zero-order chi connectivity index (χ0) is 76.4. The van der Waals surface area contributed by atoms with Gasteiger partial charge in [0.2, 0.25) is 0 Å². The van der Waals surface area contributed by atoms with E-state index in [9.17, 15) is 4.39 Å². The molecule has 33 heteroatoms. The molecule has 0 saturated heterocycles. The highest BCUT2D eigenvalue weighted by molar-refractivity contribution is 8.00. The molecule has 560 valence electrons. The molecule has 9 heterocycles. The van der Waals surface area contributed by atoms with E-state index in [1.807, 2.05) is 98.1 Å². The van der Waals surface area contributed by atoms with Crippen LogP contribution in [0.1, 0.15) is 88.6 Å². The molecule has 0 aliphatic heterocycles. The van der Waals surface area contributed by atoms with Gasteiger partial charge in [0.05, 0.1) is 0 Å². The summed E-state index contributed by atoms with van der Waals surface area (Å²) in [7, 11) is 0. The van der Waals surface area contributed by atoms with Crippen LogP contribution in [0, 0.1) is 26.8 Å². The Balaban J connectivity index is 0.000000152. The Morgan fingerprint density at radius 3 is 1.12 bits per heavy atom. The SMILES string of the molecule is C=Cc1cc(Cl)cc(Sc2nc3c(N)ncnc3n2CCCNC(C)C)c1.Cc1cc(Cl)cc(Sc2nc3c(N)nc(F)nc3n2CCCNC(C)C)c1.Cc1cc(Cl)cc(Sc2nc3c(N)ncnc3n2CCCNC(C)C)c1.Cc1cc(Cl)cc(Sc2nc3c(N)ncnc3n2CCc2ccncc2)c1. The Bertz CT molecular complexity index is 5130. The second-order valence-corrected chi connectivity index (χ2v) is 31.7. The number of nitrogen functional groups attached to an aromatic ring is 4. The van der Waals surface area contributed by atoms with Crippen LogP contribution in [0.3, 0.4) is 0 Å². The molecule has 0 spiro atoms. The molecule has 0 bridgehead atoms. The molecule has 0 radical (unpaired) electrons. The molecule has 13 aromatic rings. The summed E-state index contributed by atoms with van der Waals surface area (Å²) >= 11 is 30.9. The summed E-state index contributed by atoms with van der Waals surface area (Å²) in [6.07, 6.45) is 12.6. The van der Waals surface area contributed by atoms with Crippen molar-refractivity contribution in [2.75, 3.05) is 42.6 Å². The fourth-order valence-electron chi connectivity index (χ4n) is 11.0. The molecule has 0 unspecified atom stereocenters. The van der Waals surface area contributed by atoms with Crippen LogP contribution >= 0.6 is 93.5 Å². The molecule has 0 aliphatic carbocycles. The van der Waals surface area contributed by atoms with Crippen LogP contribution in [0.15, 0.2) is 163 Å². The molecule has 0 fully saturated rings. The number of hydrogen-bond donors (Lipinski definition) is 7. The lowest BCUT2D eigenvalue weighted by Crippen LogP contribution is -2.24. The third kappa shape index (κ3) is 22.8. The van der Waals surface area contributed by atoms with Gasteiger partial charge in [-0.2, -0.15) is 14.4 Å². The van der Waals surface area contributed by atoms with Gasteiger partial charge in [-0.1, -0.05) is 148 Å². The van der Waals surface area contributed by atoms with Crippen LogP contribution in [-0.4, -0.2) is 121 Å². The Labute approximate surface area is 657 Å². The van der Waals surface area contributed by atoms with E-state index in [4.69, 9.17) is 84.3 Å². The van der Waals surface area contributed by atoms with Crippen molar-refractivity contribution in [2.45, 2.75) is 173 Å². The maximum Gasteiger partial charge on any atom is 0.312 e. The average Bonchev–Trinajstić information content (AvgIpc) is 1.66. The third-order valence-electron chi connectivity index (χ3n) is 15.9. The van der Waals surface area contributed by atoms with Crippen molar-refractivity contribution < 1.29 is 4.39 Å². The minimum atomic E-state index is -0.850. The van der Waals surface area contributed by atoms with E-state index in [1.165, 1.54) is 48.1 Å². The summed E-state index contributed by atoms with van der Waals surface area (Å²) < 4.78 is 21.9. The highest BCUT2D eigenvalue weighted by atomic mass is 35.5. The van der Waals surface area contributed by atoms with Gasteiger partial charge in [-0.15, -0.1) is 0 Å². The Hall–Kier alpha value is -8.46. The summed E-state index contributed by atoms with van der Waals surface area (Å²) in [5.41, 5.74) is 34.3. The number of halogens is 5. The van der Waals surface area contributed by atoms with E-state index < -0.39 is 6.08 Å². The normalized spacial score (nSPS) is 11.4. The topological polar surface area (TPSA) is 327 Å². The lowest BCUT2D eigenvalue weighted by molar-refractivity contribution is 0.518. The number of nitrogens with two attached hydrogens (primary N) is 4. The maximum atomic E-state index is 13.7. The number of hydrogen-bond acceptors (Lipinski definition) is 24. The first-order valence-electron chi connectivity index (χ1n) is 34.5. The van der Waals surface area contributed by atoms with Gasteiger partial charge in [-0.05, 0) is 179 Å². The van der Waals surface area contributed by atoms with E-state index in [2.05, 4.69) is 140 Å². The number of nitrogens with zero attached hydrogens (tertiary/aromatic N) is 17. The molecule has 0 atom stereocenters. The number of benzene rings is 4. The molecule has 4 aromatic carbocycles. The number of fused-ring (bicyclic) bond motifs is 4. The Morgan fingerprint density at radius 2 is 0.766 bits per heavy atom. The first kappa shape index (κ1) is 81.1. The van der Waals surface area contributed by atoms with E-state index in [0.717, 1.165) is 144 Å². The minimum Gasteiger partial charge on any atom is -0.382 e. The summed E-state index contributed by atoms with van der Waals surface area (Å²) in [5.74, 6) is 1.21. The summed E-state index contributed by atoms with van der Waals surface area (Å²) in [6.45, 7) is 28.2. The highest BCUT2D eigenvalue weighted by Crippen LogP contribution is 2.38. The fourth-order valence-corrected chi connectivity index (χ4v) is 16.6. The predicted molar refractivity (Wildman–Crippen MR) is 437 cm³/mol. The summed E-state index contributed by atoms with van der Waals surface area (Å²) in [5, 5.41) is 16.1. The van der Waals surface area contributed by atoms with Crippen molar-refractivity contribution in [3.63, 3.8) is 0 Å². The van der Waals surface area contributed by atoms with Crippen LogP contribution in [0.25, 0.3) is 50.7 Å². The molecule has 11 N–H and O–H groups in total. The monoisotopic (exact) mass is 1600 g/mol. The van der Waals surface area contributed by atoms with Crippen molar-refractivity contribution in [1.29, 1.82) is 0 Å². The molecular weight excluding hydrogens is 1510 g/mol. The zero-order valence-corrected chi connectivity index (χ0v) is 67.0. The first-order valence-corrected chi connectivity index (χ1v) is 39.3. The fraction of sp³-hybridized carbons (Fsp3) is 0.311. The summed E-state index contributed by atoms with van der Waals surface area (Å²) in [6, 6.07) is 28.9. The molecule has 0 saturated carbocycles. The first-order chi connectivity index (χ1) is 51.3. The van der Waals surface area contributed by atoms with Crippen molar-refractivity contribution in [1.82, 2.24) is 99.0 Å². The van der Waals surface area contributed by atoms with E-state index >= 15 is 0 Å². The average molecular weight is 1600 g/mol. The zero-order valence-electron chi connectivity index (χ0n) is 60.7. The van der Waals surface area contributed by atoms with Crippen LogP contribution in [-0.2, 0) is 32.6 Å². The molecule has 24 nitrogen and oxygen atoms in total. The van der Waals surface area contributed by atoms with E-state index in [0.29, 0.717) is 90.1 Å². The predicted octanol–water partition coefficient (Wildman–Crippen LogP) is 16.4. The number of aromatic nitrogens is 17. The number of rotatable bonds is 27. The van der Waals surface area contributed by atoms with Crippen molar-refractivity contribution in [3.8, 4) is 0 Å². The number of pyridine rings is 1. The van der Waals surface area contributed by atoms with Gasteiger partial charge >= 0.3 is 6.08 Å². The number of imidazole rings is 4. The highest BCUT2D eigenvalue weighted by Gasteiger charge is 2.22. The molecule has 0 amide bonds. The van der Waals surface area contributed by atoms with E-state index in [-0.39, 0.29) is 5.82 Å². The lowest BCUT2D eigenvalue weighted by atomic mass is 10.2. The van der Waals surface area contributed by atoms with Crippen LogP contribution < -0.4 is 38.9 Å². The van der Waals surface area contributed by atoms with Crippen molar-refractivity contribution in [3.05, 3.63) is 177 Å². The van der Waals surface area contributed by atoms with Crippen LogP contribution in [0.4, 0.5) is 27.7 Å². The van der Waals surface area contributed by atoms with Gasteiger partial charge in [0.25, 0.3) is 0 Å². The van der Waals surface area contributed by atoms with Gasteiger partial charge in [0, 0.05) is 96.4 Å². The Morgan fingerprint density at radius 1 is 0.430 bits per heavy atom. The molecular formula is C74H85Cl4FN24S4. The van der Waals surface area contributed by atoms with Gasteiger partial charge < -0.3 is 57.2 Å². The standard InChI is InChI=1S/C19H17ClN6S.C19H23ClN6S.C18H22ClFN6S.C18H23ClN6S/c1-12-8-14(20)10-15(9-12)27-19-25-16-17(21)23-11-24-18(16)26(19)7-4-13-2-5-22-6-3-13;1-4-13-8-14(20)10-15(9-13)27-19-25-16-17(21)23-11-24-18(16)26(19)7-5-6-22-12(2)3;1-10(2)22-5-4-6-26-16-14(15(21)24-17(20)25-16)23-18(26)27-13-8-11(3)7-12(19)9-13;1-11(2)21-5-4-6-25-17-15(16(20)22-10-23-17)24-18(25)26-14-8-12(3)7-13(19)9-14/h2-3,5-6,8-11H,4,7H2,1H3,(H2,21,23,24);4,8-12,22H,1,5-7H2,2-3H3,(H2,21,23,24);7-10,22H,4-6H2,1-3H3,(H2,21,24,25);7-11,21H,4-6H2,1-3H3,(H2,20,22,23). The van der Waals surface area contributed by atoms with E-state index in [1.54, 1.807) is 42.0 Å². The smallest absolute Gasteiger partial charge is 0.312 e. The summed E-state index contributed by atoms with van der Waals surface area (Å²) in [4.78, 5) is 59.7. The minimum absolute atomic E-state index is 0.0423. The molecule has 0 aliphatic rings. The molecule has 13 rings (SSSR count). The Kier molecular flexibility index (Phi) is 29.2.